The first-order chi connectivity index (χ1) is 8.70. The summed E-state index contributed by atoms with van der Waals surface area (Å²) >= 11 is 9.99. The van der Waals surface area contributed by atoms with Crippen LogP contribution < -0.4 is 5.73 Å². The third-order valence-electron chi connectivity index (χ3n) is 1.94. The van der Waals surface area contributed by atoms with Crippen LogP contribution in [0.3, 0.4) is 0 Å². The Kier molecular flexibility index (Phi) is 4.82. The van der Waals surface area contributed by atoms with Gasteiger partial charge in [0.25, 0.3) is 5.91 Å². The molecule has 2 aromatic heterocycles. The highest BCUT2D eigenvalue weighted by atomic mass is 35.5. The predicted molar refractivity (Wildman–Crippen MR) is 79.7 cm³/mol. The molecular formula is C11H9ClN2OS3. The zero-order valence-corrected chi connectivity index (χ0v) is 12.3. The average molecular weight is 317 g/mol. The Balaban J connectivity index is 2.13. The Morgan fingerprint density at radius 1 is 1.56 bits per heavy atom. The third kappa shape index (κ3) is 3.35. The number of carbonyl (C=O) groups excluding carboxylic acids is 1. The van der Waals surface area contributed by atoms with Gasteiger partial charge in [-0.3, -0.25) is 4.79 Å². The number of thiazole rings is 1. The number of carbonyl (C=O) groups is 1. The molecule has 0 aliphatic rings. The normalized spacial score (nSPS) is 11.2. The number of primary amides is 1. The minimum atomic E-state index is -0.402. The number of amides is 1. The van der Waals surface area contributed by atoms with Crippen molar-refractivity contribution >= 4 is 51.9 Å². The van der Waals surface area contributed by atoms with Crippen LogP contribution in [0.5, 0.6) is 0 Å². The molecule has 0 spiro atoms. The topological polar surface area (TPSA) is 56.0 Å². The number of rotatable bonds is 5. The second-order valence-electron chi connectivity index (χ2n) is 3.17. The van der Waals surface area contributed by atoms with E-state index < -0.39 is 5.91 Å². The molecule has 0 aliphatic carbocycles. The molecule has 0 saturated heterocycles. The molecule has 0 aliphatic heterocycles. The highest BCUT2D eigenvalue weighted by Crippen LogP contribution is 2.32. The number of alkyl halides is 1. The van der Waals surface area contributed by atoms with Crippen molar-refractivity contribution in [3.63, 3.8) is 0 Å². The van der Waals surface area contributed by atoms with Crippen LogP contribution in [-0.2, 0) is 0 Å². The van der Waals surface area contributed by atoms with Gasteiger partial charge in [0.2, 0.25) is 0 Å². The second-order valence-corrected chi connectivity index (χ2v) is 6.57. The first kappa shape index (κ1) is 13.6. The first-order valence-electron chi connectivity index (χ1n) is 4.94. The molecule has 0 unspecified atom stereocenters. The summed E-state index contributed by atoms with van der Waals surface area (Å²) in [6, 6.07) is 3.59. The summed E-state index contributed by atoms with van der Waals surface area (Å²) in [5.74, 6) is 0.0964. The van der Waals surface area contributed by atoms with E-state index in [1.54, 1.807) is 17.4 Å². The molecule has 1 amide bonds. The van der Waals surface area contributed by atoms with E-state index in [9.17, 15) is 4.79 Å². The van der Waals surface area contributed by atoms with Gasteiger partial charge >= 0.3 is 0 Å². The number of aromatic nitrogens is 1. The van der Waals surface area contributed by atoms with Crippen molar-refractivity contribution in [3.05, 3.63) is 33.9 Å². The van der Waals surface area contributed by atoms with E-state index in [1.807, 2.05) is 22.9 Å². The van der Waals surface area contributed by atoms with Gasteiger partial charge in [-0.2, -0.15) is 0 Å². The smallest absolute Gasteiger partial charge is 0.258 e. The van der Waals surface area contributed by atoms with E-state index in [2.05, 4.69) is 4.98 Å². The zero-order chi connectivity index (χ0) is 13.0. The average Bonchev–Trinajstić information content (AvgIpc) is 2.97. The number of allylic oxidation sites excluding steroid dienone is 1. The Morgan fingerprint density at radius 3 is 3.06 bits per heavy atom. The molecule has 0 bridgehead atoms. The molecule has 0 aromatic carbocycles. The van der Waals surface area contributed by atoms with Gasteiger partial charge in [0.1, 0.15) is 0 Å². The van der Waals surface area contributed by atoms with E-state index in [0.717, 1.165) is 14.9 Å². The highest BCUT2D eigenvalue weighted by Gasteiger charge is 2.09. The molecular weight excluding hydrogens is 308 g/mol. The Bertz CT molecular complexity index is 576. The van der Waals surface area contributed by atoms with Gasteiger partial charge in [0.15, 0.2) is 4.34 Å². The maximum atomic E-state index is 11.0. The number of halogens is 1. The van der Waals surface area contributed by atoms with Gasteiger partial charge in [-0.1, -0.05) is 17.8 Å². The molecule has 0 saturated carbocycles. The lowest BCUT2D eigenvalue weighted by Crippen LogP contribution is -2.07. The predicted octanol–water partition coefficient (Wildman–Crippen LogP) is 3.82. The van der Waals surface area contributed by atoms with E-state index in [-0.39, 0.29) is 0 Å². The van der Waals surface area contributed by atoms with Crippen molar-refractivity contribution in [2.24, 2.45) is 5.73 Å². The molecule has 94 valence electrons. The Hall–Kier alpha value is -0.820. The van der Waals surface area contributed by atoms with Crippen LogP contribution in [-0.4, -0.2) is 16.8 Å². The molecule has 18 heavy (non-hydrogen) atoms. The van der Waals surface area contributed by atoms with Crippen molar-refractivity contribution in [2.75, 3.05) is 5.88 Å². The van der Waals surface area contributed by atoms with Crippen molar-refractivity contribution in [1.29, 1.82) is 0 Å². The van der Waals surface area contributed by atoms with Gasteiger partial charge in [0.05, 0.1) is 15.4 Å². The fourth-order valence-corrected chi connectivity index (χ4v) is 3.80. The number of hydrogen-bond acceptors (Lipinski definition) is 5. The molecule has 0 radical (unpaired) electrons. The molecule has 2 heterocycles. The largest absolute Gasteiger partial charge is 0.365 e. The third-order valence-corrected chi connectivity index (χ3v) is 5.07. The molecule has 3 nitrogen and oxygen atoms in total. The summed E-state index contributed by atoms with van der Waals surface area (Å²) in [5, 5.41) is 3.88. The minimum Gasteiger partial charge on any atom is -0.365 e. The van der Waals surface area contributed by atoms with Crippen molar-refractivity contribution < 1.29 is 4.79 Å². The molecule has 0 fully saturated rings. The molecule has 2 aromatic rings. The minimum absolute atomic E-state index is 0.402. The summed E-state index contributed by atoms with van der Waals surface area (Å²) in [7, 11) is 0. The number of nitrogens with two attached hydrogens (primary N) is 1. The van der Waals surface area contributed by atoms with E-state index in [0.29, 0.717) is 10.8 Å². The molecule has 7 heteroatoms. The first-order valence-corrected chi connectivity index (χ1v) is 8.05. The van der Waals surface area contributed by atoms with Crippen LogP contribution in [0.25, 0.3) is 10.6 Å². The quantitative estimate of drug-likeness (QED) is 0.674. The maximum absolute atomic E-state index is 11.0. The summed E-state index contributed by atoms with van der Waals surface area (Å²) in [6.07, 6.45) is 1.86. The number of nitrogens with zero attached hydrogens (tertiary/aromatic N) is 1. The summed E-state index contributed by atoms with van der Waals surface area (Å²) in [5.41, 5.74) is 6.09. The van der Waals surface area contributed by atoms with Crippen LogP contribution in [0.4, 0.5) is 0 Å². The van der Waals surface area contributed by atoms with Gasteiger partial charge in [-0.05, 0) is 17.5 Å². The van der Waals surface area contributed by atoms with Crippen LogP contribution in [0.15, 0.2) is 33.3 Å². The number of thioether (sulfide) groups is 1. The van der Waals surface area contributed by atoms with Crippen LogP contribution in [0.1, 0.15) is 9.67 Å². The maximum Gasteiger partial charge on any atom is 0.258 e. The number of thiophene rings is 1. The van der Waals surface area contributed by atoms with Crippen LogP contribution in [0.2, 0.25) is 0 Å². The van der Waals surface area contributed by atoms with Gasteiger partial charge in [-0.25, -0.2) is 4.98 Å². The van der Waals surface area contributed by atoms with Crippen LogP contribution >= 0.6 is 46.0 Å². The highest BCUT2D eigenvalue weighted by molar-refractivity contribution is 8.03. The lowest BCUT2D eigenvalue weighted by molar-refractivity contribution is 0.100. The molecule has 2 rings (SSSR count). The van der Waals surface area contributed by atoms with E-state index in [1.165, 1.54) is 23.1 Å². The van der Waals surface area contributed by atoms with E-state index in [4.69, 9.17) is 17.3 Å². The molecule has 0 atom stereocenters. The Labute approximate surface area is 122 Å². The van der Waals surface area contributed by atoms with E-state index >= 15 is 0 Å². The van der Waals surface area contributed by atoms with Gasteiger partial charge in [-0.15, -0.1) is 34.3 Å². The Morgan fingerprint density at radius 2 is 2.39 bits per heavy atom. The van der Waals surface area contributed by atoms with Crippen LogP contribution in [0, 0.1) is 0 Å². The standard InChI is InChI=1S/C11H9ClN2OS3/c12-4-1-5-16-11-14-7(6-17-11)8-2-3-9(18-8)10(13)15/h1-3,5-6H,4H2,(H2,13,15)/b5-1+. The summed E-state index contributed by atoms with van der Waals surface area (Å²) in [4.78, 5) is 17.0. The second kappa shape index (κ2) is 6.38. The monoisotopic (exact) mass is 316 g/mol. The lowest BCUT2D eigenvalue weighted by atomic mass is 10.3. The SMILES string of the molecule is NC(=O)c1ccc(-c2csc(S/C=C/CCl)n2)s1. The summed E-state index contributed by atoms with van der Waals surface area (Å²) < 4.78 is 0.945. The fraction of sp³-hybridized carbons (Fsp3) is 0.0909. The van der Waals surface area contributed by atoms with Crippen molar-refractivity contribution in [2.45, 2.75) is 4.34 Å². The van der Waals surface area contributed by atoms with Gasteiger partial charge in [0, 0.05) is 11.3 Å². The molecule has 2 N–H and O–H groups in total. The zero-order valence-electron chi connectivity index (χ0n) is 9.13. The lowest BCUT2D eigenvalue weighted by Gasteiger charge is -1.89. The van der Waals surface area contributed by atoms with Crippen molar-refractivity contribution in [1.82, 2.24) is 4.98 Å². The number of hydrogen-bond donors (Lipinski definition) is 1. The van der Waals surface area contributed by atoms with Gasteiger partial charge < -0.3 is 5.73 Å². The summed E-state index contributed by atoms with van der Waals surface area (Å²) in [6.45, 7) is 0. The fourth-order valence-electron chi connectivity index (χ4n) is 1.18. The van der Waals surface area contributed by atoms with Crippen molar-refractivity contribution in [3.8, 4) is 10.6 Å².